The van der Waals surface area contributed by atoms with E-state index < -0.39 is 0 Å². The van der Waals surface area contributed by atoms with Crippen LogP contribution in [0.3, 0.4) is 0 Å². The summed E-state index contributed by atoms with van der Waals surface area (Å²) in [6, 6.07) is 10.8. The molecule has 0 bridgehead atoms. The molecule has 2 aromatic carbocycles. The van der Waals surface area contributed by atoms with E-state index in [4.69, 9.17) is 17.3 Å². The van der Waals surface area contributed by atoms with Crippen molar-refractivity contribution < 1.29 is 9.18 Å². The maximum Gasteiger partial charge on any atom is 0.256 e. The average Bonchev–Trinajstić information content (AvgIpc) is 2.43. The number of hydrogen-bond donors (Lipinski definition) is 1. The first-order valence-electron chi connectivity index (χ1n) is 6.02. The molecule has 0 aliphatic rings. The number of hydrogen-bond acceptors (Lipinski definition) is 2. The van der Waals surface area contributed by atoms with Gasteiger partial charge in [0.1, 0.15) is 5.82 Å². The molecule has 0 saturated heterocycles. The Morgan fingerprint density at radius 3 is 2.55 bits per heavy atom. The Hall–Kier alpha value is -2.07. The summed E-state index contributed by atoms with van der Waals surface area (Å²) in [5, 5.41) is 0.456. The molecule has 0 saturated carbocycles. The van der Waals surface area contributed by atoms with Crippen molar-refractivity contribution in [3.05, 3.63) is 64.4 Å². The molecule has 0 aliphatic carbocycles. The lowest BCUT2D eigenvalue weighted by Crippen LogP contribution is -2.27. The van der Waals surface area contributed by atoms with Crippen LogP contribution in [0.4, 0.5) is 10.1 Å². The Kier molecular flexibility index (Phi) is 4.25. The first-order chi connectivity index (χ1) is 9.47. The summed E-state index contributed by atoms with van der Waals surface area (Å²) in [4.78, 5) is 13.8. The highest BCUT2D eigenvalue weighted by molar-refractivity contribution is 6.31. The van der Waals surface area contributed by atoms with Gasteiger partial charge in [-0.1, -0.05) is 23.7 Å². The maximum atomic E-state index is 12.8. The lowest BCUT2D eigenvalue weighted by molar-refractivity contribution is 0.0786. The van der Waals surface area contributed by atoms with E-state index in [-0.39, 0.29) is 11.7 Å². The molecule has 2 aromatic rings. The zero-order valence-electron chi connectivity index (χ0n) is 10.9. The molecule has 0 atom stereocenters. The van der Waals surface area contributed by atoms with Gasteiger partial charge in [-0.05, 0) is 35.9 Å². The minimum Gasteiger partial charge on any atom is -0.398 e. The van der Waals surface area contributed by atoms with E-state index in [0.29, 0.717) is 22.8 Å². The van der Waals surface area contributed by atoms with E-state index in [1.165, 1.54) is 17.0 Å². The Labute approximate surface area is 121 Å². The molecule has 0 spiro atoms. The number of nitrogen functional groups attached to an aromatic ring is 1. The number of benzene rings is 2. The van der Waals surface area contributed by atoms with Gasteiger partial charge < -0.3 is 10.6 Å². The lowest BCUT2D eigenvalue weighted by Gasteiger charge is -2.18. The summed E-state index contributed by atoms with van der Waals surface area (Å²) >= 11 is 5.88. The van der Waals surface area contributed by atoms with Crippen LogP contribution >= 0.6 is 11.6 Å². The second-order valence-corrected chi connectivity index (χ2v) is 4.96. The maximum absolute atomic E-state index is 12.8. The van der Waals surface area contributed by atoms with Gasteiger partial charge in [-0.2, -0.15) is 0 Å². The van der Waals surface area contributed by atoms with Crippen molar-refractivity contribution in [3.63, 3.8) is 0 Å². The second-order valence-electron chi connectivity index (χ2n) is 4.52. The predicted octanol–water partition coefficient (Wildman–Crippen LogP) is 3.33. The fourth-order valence-electron chi connectivity index (χ4n) is 1.85. The fraction of sp³-hybridized carbons (Fsp3) is 0.133. The van der Waals surface area contributed by atoms with Gasteiger partial charge in [-0.15, -0.1) is 0 Å². The van der Waals surface area contributed by atoms with Crippen molar-refractivity contribution in [2.24, 2.45) is 0 Å². The molecule has 0 aliphatic heterocycles. The Morgan fingerprint density at radius 1 is 1.25 bits per heavy atom. The molecular formula is C15H14ClFN2O. The zero-order chi connectivity index (χ0) is 14.7. The van der Waals surface area contributed by atoms with E-state index in [1.807, 2.05) is 0 Å². The molecule has 3 nitrogen and oxygen atoms in total. The largest absolute Gasteiger partial charge is 0.398 e. The summed E-state index contributed by atoms with van der Waals surface area (Å²) < 4.78 is 12.8. The zero-order valence-corrected chi connectivity index (χ0v) is 11.7. The molecule has 1 amide bonds. The highest BCUT2D eigenvalue weighted by atomic mass is 35.5. The van der Waals surface area contributed by atoms with Gasteiger partial charge in [-0.3, -0.25) is 4.79 Å². The number of carbonyl (C=O) groups is 1. The van der Waals surface area contributed by atoms with E-state index in [9.17, 15) is 9.18 Å². The number of amides is 1. The van der Waals surface area contributed by atoms with Crippen LogP contribution in [-0.4, -0.2) is 17.9 Å². The molecule has 0 radical (unpaired) electrons. The normalized spacial score (nSPS) is 10.3. The third-order valence-corrected chi connectivity index (χ3v) is 3.16. The molecule has 0 aromatic heterocycles. The van der Waals surface area contributed by atoms with Crippen LogP contribution in [0.2, 0.25) is 5.02 Å². The summed E-state index contributed by atoms with van der Waals surface area (Å²) in [5.41, 5.74) is 7.36. The van der Waals surface area contributed by atoms with Gasteiger partial charge in [-0.25, -0.2) is 4.39 Å². The second kappa shape index (κ2) is 5.92. The molecular weight excluding hydrogens is 279 g/mol. The lowest BCUT2D eigenvalue weighted by atomic mass is 10.1. The molecule has 2 rings (SSSR count). The average molecular weight is 293 g/mol. The first-order valence-corrected chi connectivity index (χ1v) is 6.40. The van der Waals surface area contributed by atoms with Crippen LogP contribution in [0.15, 0.2) is 42.5 Å². The molecule has 0 unspecified atom stereocenters. The first kappa shape index (κ1) is 14.3. The monoisotopic (exact) mass is 292 g/mol. The Morgan fingerprint density at radius 2 is 1.90 bits per heavy atom. The highest BCUT2D eigenvalue weighted by Gasteiger charge is 2.15. The van der Waals surface area contributed by atoms with Crippen molar-refractivity contribution in [3.8, 4) is 0 Å². The van der Waals surface area contributed by atoms with Gasteiger partial charge >= 0.3 is 0 Å². The molecule has 104 valence electrons. The van der Waals surface area contributed by atoms with Crippen LogP contribution in [0, 0.1) is 5.82 Å². The molecule has 2 N–H and O–H groups in total. The van der Waals surface area contributed by atoms with E-state index in [1.54, 1.807) is 37.4 Å². The van der Waals surface area contributed by atoms with Crippen molar-refractivity contribution in [2.45, 2.75) is 6.54 Å². The number of anilines is 1. The van der Waals surface area contributed by atoms with Gasteiger partial charge in [0.25, 0.3) is 5.91 Å². The van der Waals surface area contributed by atoms with Gasteiger partial charge in [0.15, 0.2) is 0 Å². The standard InChI is InChI=1S/C15H14ClFN2O/c1-19(9-10-2-5-12(17)6-3-10)15(20)13-8-11(16)4-7-14(13)18/h2-8H,9,18H2,1H3. The molecule has 20 heavy (non-hydrogen) atoms. The topological polar surface area (TPSA) is 46.3 Å². The van der Waals surface area contributed by atoms with Gasteiger partial charge in [0.05, 0.1) is 5.56 Å². The van der Waals surface area contributed by atoms with Gasteiger partial charge in [0, 0.05) is 24.3 Å². The van der Waals surface area contributed by atoms with Crippen LogP contribution in [-0.2, 0) is 6.54 Å². The van der Waals surface area contributed by atoms with E-state index in [0.717, 1.165) is 5.56 Å². The summed E-state index contributed by atoms with van der Waals surface area (Å²) in [7, 11) is 1.66. The van der Waals surface area contributed by atoms with Crippen LogP contribution in [0.1, 0.15) is 15.9 Å². The van der Waals surface area contributed by atoms with Crippen LogP contribution in [0.25, 0.3) is 0 Å². The molecule has 0 heterocycles. The van der Waals surface area contributed by atoms with E-state index in [2.05, 4.69) is 0 Å². The van der Waals surface area contributed by atoms with Gasteiger partial charge in [0.2, 0.25) is 0 Å². The van der Waals surface area contributed by atoms with E-state index >= 15 is 0 Å². The number of nitrogens with zero attached hydrogens (tertiary/aromatic N) is 1. The third-order valence-electron chi connectivity index (χ3n) is 2.93. The van der Waals surface area contributed by atoms with Crippen LogP contribution in [0.5, 0.6) is 0 Å². The summed E-state index contributed by atoms with van der Waals surface area (Å²) in [6.07, 6.45) is 0. The SMILES string of the molecule is CN(Cc1ccc(F)cc1)C(=O)c1cc(Cl)ccc1N. The van der Waals surface area contributed by atoms with Crippen LogP contribution < -0.4 is 5.73 Å². The minimum atomic E-state index is -0.304. The fourth-order valence-corrected chi connectivity index (χ4v) is 2.03. The van der Waals surface area contributed by atoms with Crippen molar-refractivity contribution in [1.29, 1.82) is 0 Å². The Balaban J connectivity index is 2.16. The number of nitrogens with two attached hydrogens (primary N) is 1. The Bertz CT molecular complexity index is 628. The predicted molar refractivity (Wildman–Crippen MR) is 78.1 cm³/mol. The number of carbonyl (C=O) groups excluding carboxylic acids is 1. The van der Waals surface area contributed by atoms with Crippen molar-refractivity contribution >= 4 is 23.2 Å². The summed E-state index contributed by atoms with van der Waals surface area (Å²) in [6.45, 7) is 0.366. The quantitative estimate of drug-likeness (QED) is 0.882. The number of halogens is 2. The van der Waals surface area contributed by atoms with Crippen molar-refractivity contribution in [2.75, 3.05) is 12.8 Å². The van der Waals surface area contributed by atoms with Crippen molar-refractivity contribution in [1.82, 2.24) is 4.90 Å². The third kappa shape index (κ3) is 3.27. The molecule has 0 fully saturated rings. The number of rotatable bonds is 3. The summed E-state index contributed by atoms with van der Waals surface area (Å²) in [5.74, 6) is -0.531. The molecule has 5 heteroatoms. The minimum absolute atomic E-state index is 0.227. The smallest absolute Gasteiger partial charge is 0.256 e. The highest BCUT2D eigenvalue weighted by Crippen LogP contribution is 2.20.